The number of nitrogens with zero attached hydrogens (tertiary/aromatic N) is 3. The van der Waals surface area contributed by atoms with Crippen molar-refractivity contribution in [2.75, 3.05) is 12.4 Å². The lowest BCUT2D eigenvalue weighted by molar-refractivity contribution is -0.116. The number of nitrogens with one attached hydrogen (secondary N) is 1. The van der Waals surface area contributed by atoms with Crippen molar-refractivity contribution in [3.63, 3.8) is 0 Å². The maximum absolute atomic E-state index is 11.8. The van der Waals surface area contributed by atoms with Gasteiger partial charge in [0.25, 0.3) is 5.82 Å². The Morgan fingerprint density at radius 1 is 1.35 bits per heavy atom. The summed E-state index contributed by atoms with van der Waals surface area (Å²) >= 11 is 3.31. The van der Waals surface area contributed by atoms with E-state index in [4.69, 9.17) is 0 Å². The summed E-state index contributed by atoms with van der Waals surface area (Å²) in [6, 6.07) is 7.17. The van der Waals surface area contributed by atoms with Crippen LogP contribution in [0, 0.1) is 0 Å². The first-order chi connectivity index (χ1) is 9.58. The Morgan fingerprint density at radius 2 is 2.05 bits per heavy atom. The van der Waals surface area contributed by atoms with Gasteiger partial charge in [-0.05, 0) is 24.3 Å². The normalized spacial score (nSPS) is 10.1. The fraction of sp³-hybridized carbons (Fsp3) is 0.167. The van der Waals surface area contributed by atoms with Gasteiger partial charge in [0.05, 0.1) is 7.11 Å². The molecule has 2 aromatic rings. The van der Waals surface area contributed by atoms with Crippen LogP contribution in [-0.2, 0) is 16.1 Å². The summed E-state index contributed by atoms with van der Waals surface area (Å²) in [6.45, 7) is -0.0416. The molecule has 20 heavy (non-hydrogen) atoms. The summed E-state index contributed by atoms with van der Waals surface area (Å²) in [5.74, 6) is -0.991. The van der Waals surface area contributed by atoms with Gasteiger partial charge in [0.15, 0.2) is 0 Å². The van der Waals surface area contributed by atoms with Crippen LogP contribution in [0.2, 0.25) is 0 Å². The minimum atomic E-state index is -0.642. The summed E-state index contributed by atoms with van der Waals surface area (Å²) in [5.41, 5.74) is 0.673. The zero-order valence-electron chi connectivity index (χ0n) is 10.5. The Kier molecular flexibility index (Phi) is 4.46. The molecule has 1 aromatic carbocycles. The number of hydrogen-bond donors (Lipinski definition) is 1. The topological polar surface area (TPSA) is 86.1 Å². The third-order valence-electron chi connectivity index (χ3n) is 2.34. The summed E-state index contributed by atoms with van der Waals surface area (Å²) in [4.78, 5) is 26.7. The average molecular weight is 339 g/mol. The van der Waals surface area contributed by atoms with Crippen LogP contribution in [0.15, 0.2) is 35.1 Å². The van der Waals surface area contributed by atoms with Crippen LogP contribution in [-0.4, -0.2) is 33.8 Å². The van der Waals surface area contributed by atoms with E-state index in [1.54, 1.807) is 12.1 Å². The van der Waals surface area contributed by atoms with Crippen molar-refractivity contribution >= 4 is 33.5 Å². The molecule has 0 unspecified atom stereocenters. The number of aromatic nitrogens is 3. The molecule has 2 rings (SSSR count). The number of benzene rings is 1. The van der Waals surface area contributed by atoms with Gasteiger partial charge in [-0.2, -0.15) is 0 Å². The first kappa shape index (κ1) is 14.2. The molecule has 1 amide bonds. The molecule has 0 saturated carbocycles. The molecule has 0 fully saturated rings. The number of amides is 1. The summed E-state index contributed by atoms with van der Waals surface area (Å²) in [7, 11) is 1.24. The number of methoxy groups -OCH3 is 1. The SMILES string of the molecule is COC(=O)c1ncn(CC(=O)Nc2ccc(Br)cc2)n1. The molecule has 0 radical (unpaired) electrons. The van der Waals surface area contributed by atoms with E-state index in [1.165, 1.54) is 18.1 Å². The second kappa shape index (κ2) is 6.29. The molecule has 104 valence electrons. The fourth-order valence-electron chi connectivity index (χ4n) is 1.44. The highest BCUT2D eigenvalue weighted by Crippen LogP contribution is 2.13. The van der Waals surface area contributed by atoms with Gasteiger partial charge in [0.1, 0.15) is 12.9 Å². The quantitative estimate of drug-likeness (QED) is 0.853. The Labute approximate surface area is 123 Å². The number of anilines is 1. The van der Waals surface area contributed by atoms with Gasteiger partial charge >= 0.3 is 5.97 Å². The number of ether oxygens (including phenoxy) is 1. The van der Waals surface area contributed by atoms with E-state index in [-0.39, 0.29) is 18.3 Å². The standard InChI is InChI=1S/C12H11BrN4O3/c1-20-12(19)11-14-7-17(16-11)6-10(18)15-9-4-2-8(13)3-5-9/h2-5,7H,6H2,1H3,(H,15,18). The van der Waals surface area contributed by atoms with Crippen LogP contribution in [0.25, 0.3) is 0 Å². The molecule has 1 heterocycles. The molecular formula is C12H11BrN4O3. The third kappa shape index (κ3) is 3.64. The molecule has 0 saturated heterocycles. The molecule has 0 bridgehead atoms. The Bertz CT molecular complexity index is 624. The zero-order valence-corrected chi connectivity index (χ0v) is 12.1. The summed E-state index contributed by atoms with van der Waals surface area (Å²) < 4.78 is 6.67. The second-order valence-corrected chi connectivity index (χ2v) is 4.73. The number of carbonyl (C=O) groups excluding carboxylic acids is 2. The molecular weight excluding hydrogens is 328 g/mol. The number of esters is 1. The van der Waals surface area contributed by atoms with Crippen LogP contribution >= 0.6 is 15.9 Å². The van der Waals surface area contributed by atoms with Crippen molar-refractivity contribution in [3.05, 3.63) is 40.9 Å². The van der Waals surface area contributed by atoms with Crippen molar-refractivity contribution < 1.29 is 14.3 Å². The van der Waals surface area contributed by atoms with E-state index < -0.39 is 5.97 Å². The molecule has 1 aromatic heterocycles. The predicted molar refractivity (Wildman–Crippen MR) is 74.1 cm³/mol. The Balaban J connectivity index is 1.96. The van der Waals surface area contributed by atoms with Crippen LogP contribution in [0.5, 0.6) is 0 Å². The van der Waals surface area contributed by atoms with Crippen LogP contribution in [0.3, 0.4) is 0 Å². The Hall–Kier alpha value is -2.22. The van der Waals surface area contributed by atoms with Crippen molar-refractivity contribution in [3.8, 4) is 0 Å². The maximum Gasteiger partial charge on any atom is 0.377 e. The number of carbonyl (C=O) groups is 2. The van der Waals surface area contributed by atoms with Gasteiger partial charge in [-0.15, -0.1) is 5.10 Å². The van der Waals surface area contributed by atoms with Crippen molar-refractivity contribution in [2.24, 2.45) is 0 Å². The van der Waals surface area contributed by atoms with E-state index in [9.17, 15) is 9.59 Å². The van der Waals surface area contributed by atoms with E-state index in [0.29, 0.717) is 5.69 Å². The van der Waals surface area contributed by atoms with Gasteiger partial charge < -0.3 is 10.1 Å². The third-order valence-corrected chi connectivity index (χ3v) is 2.87. The number of rotatable bonds is 4. The largest absolute Gasteiger partial charge is 0.463 e. The lowest BCUT2D eigenvalue weighted by Gasteiger charge is -2.04. The van der Waals surface area contributed by atoms with Crippen molar-refractivity contribution in [1.82, 2.24) is 14.8 Å². The predicted octanol–water partition coefficient (Wildman–Crippen LogP) is 1.47. The van der Waals surface area contributed by atoms with Crippen LogP contribution < -0.4 is 5.32 Å². The molecule has 0 aliphatic carbocycles. The van der Waals surface area contributed by atoms with Crippen molar-refractivity contribution in [2.45, 2.75) is 6.54 Å². The number of hydrogen-bond acceptors (Lipinski definition) is 5. The van der Waals surface area contributed by atoms with Gasteiger partial charge in [-0.1, -0.05) is 15.9 Å². The maximum atomic E-state index is 11.8. The lowest BCUT2D eigenvalue weighted by atomic mass is 10.3. The van der Waals surface area contributed by atoms with Crippen LogP contribution in [0.4, 0.5) is 5.69 Å². The van der Waals surface area contributed by atoms with Gasteiger partial charge in [-0.25, -0.2) is 14.5 Å². The van der Waals surface area contributed by atoms with Crippen LogP contribution in [0.1, 0.15) is 10.6 Å². The van der Waals surface area contributed by atoms with Gasteiger partial charge in [0, 0.05) is 10.2 Å². The summed E-state index contributed by atoms with van der Waals surface area (Å²) in [6.07, 6.45) is 1.30. The molecule has 1 N–H and O–H groups in total. The van der Waals surface area contributed by atoms with Gasteiger partial charge in [0.2, 0.25) is 5.91 Å². The molecule has 0 spiro atoms. The van der Waals surface area contributed by atoms with Crippen molar-refractivity contribution in [1.29, 1.82) is 0 Å². The highest BCUT2D eigenvalue weighted by Gasteiger charge is 2.12. The zero-order chi connectivity index (χ0) is 14.5. The van der Waals surface area contributed by atoms with Gasteiger partial charge in [-0.3, -0.25) is 4.79 Å². The van der Waals surface area contributed by atoms with E-state index in [0.717, 1.165) is 4.47 Å². The highest BCUT2D eigenvalue weighted by atomic mass is 79.9. The highest BCUT2D eigenvalue weighted by molar-refractivity contribution is 9.10. The molecule has 0 atom stereocenters. The second-order valence-electron chi connectivity index (χ2n) is 3.81. The first-order valence-corrected chi connectivity index (χ1v) is 6.41. The fourth-order valence-corrected chi connectivity index (χ4v) is 1.70. The van der Waals surface area contributed by atoms with E-state index >= 15 is 0 Å². The smallest absolute Gasteiger partial charge is 0.377 e. The molecule has 0 aliphatic heterocycles. The Morgan fingerprint density at radius 3 is 2.70 bits per heavy atom. The summed E-state index contributed by atoms with van der Waals surface area (Å²) in [5, 5.41) is 6.54. The average Bonchev–Trinajstić information content (AvgIpc) is 2.89. The minimum absolute atomic E-state index is 0.0416. The van der Waals surface area contributed by atoms with E-state index in [1.807, 2.05) is 12.1 Å². The number of halogens is 1. The molecule has 8 heteroatoms. The minimum Gasteiger partial charge on any atom is -0.463 e. The lowest BCUT2D eigenvalue weighted by Crippen LogP contribution is -2.19. The molecule has 0 aliphatic rings. The first-order valence-electron chi connectivity index (χ1n) is 5.61. The molecule has 7 nitrogen and oxygen atoms in total. The van der Waals surface area contributed by atoms with E-state index in [2.05, 4.69) is 36.1 Å². The monoisotopic (exact) mass is 338 g/mol.